The van der Waals surface area contributed by atoms with Gasteiger partial charge in [0.05, 0.1) is 11.3 Å². The first kappa shape index (κ1) is 20.8. The van der Waals surface area contributed by atoms with Crippen LogP contribution >= 0.6 is 12.2 Å². The molecule has 0 bridgehead atoms. The standard InChI is InChI=1S/C23H22N4O3S/c1-27(2)14-18-17(9-6-12-24-18)21(28)26-23(31)25-16-10-11-19-20(13-16)30-22(29-19)15-7-4-3-5-8-15/h3-13,22H,14H2,1-2H3,(H2,25,26,28,31). The summed E-state index contributed by atoms with van der Waals surface area (Å²) in [5.74, 6) is 0.943. The highest BCUT2D eigenvalue weighted by Gasteiger charge is 2.26. The van der Waals surface area contributed by atoms with Crippen LogP contribution in [-0.2, 0) is 6.54 Å². The molecule has 2 N–H and O–H groups in total. The van der Waals surface area contributed by atoms with Crippen molar-refractivity contribution in [3.63, 3.8) is 0 Å². The summed E-state index contributed by atoms with van der Waals surface area (Å²) in [6.45, 7) is 0.550. The molecule has 0 radical (unpaired) electrons. The molecule has 1 unspecified atom stereocenters. The van der Waals surface area contributed by atoms with E-state index in [1.807, 2.05) is 55.4 Å². The fourth-order valence-corrected chi connectivity index (χ4v) is 3.39. The van der Waals surface area contributed by atoms with Gasteiger partial charge in [0.15, 0.2) is 16.6 Å². The molecule has 1 amide bonds. The summed E-state index contributed by atoms with van der Waals surface area (Å²) >= 11 is 5.33. The average molecular weight is 435 g/mol. The first-order chi connectivity index (χ1) is 15.0. The van der Waals surface area contributed by atoms with Crippen molar-refractivity contribution in [2.24, 2.45) is 0 Å². The third-order valence-electron chi connectivity index (χ3n) is 4.57. The van der Waals surface area contributed by atoms with Gasteiger partial charge in [-0.2, -0.15) is 0 Å². The molecular weight excluding hydrogens is 412 g/mol. The molecule has 1 atom stereocenters. The van der Waals surface area contributed by atoms with Gasteiger partial charge in [-0.1, -0.05) is 30.3 Å². The lowest BCUT2D eigenvalue weighted by molar-refractivity contribution is 0.0487. The maximum Gasteiger partial charge on any atom is 0.267 e. The summed E-state index contributed by atoms with van der Waals surface area (Å²) in [5.41, 5.74) is 2.78. The van der Waals surface area contributed by atoms with Gasteiger partial charge in [-0.15, -0.1) is 0 Å². The number of rotatable bonds is 5. The van der Waals surface area contributed by atoms with Gasteiger partial charge < -0.3 is 19.7 Å². The highest BCUT2D eigenvalue weighted by atomic mass is 32.1. The molecule has 2 heterocycles. The molecule has 31 heavy (non-hydrogen) atoms. The van der Waals surface area contributed by atoms with Gasteiger partial charge in [-0.25, -0.2) is 0 Å². The van der Waals surface area contributed by atoms with Crippen molar-refractivity contribution in [2.45, 2.75) is 12.8 Å². The first-order valence-corrected chi connectivity index (χ1v) is 10.1. The molecule has 3 aromatic rings. The van der Waals surface area contributed by atoms with Crippen LogP contribution in [0.2, 0.25) is 0 Å². The Labute approximate surface area is 186 Å². The Balaban J connectivity index is 1.40. The number of carbonyl (C=O) groups excluding carboxylic acids is 1. The van der Waals surface area contributed by atoms with E-state index in [2.05, 4.69) is 15.6 Å². The Morgan fingerprint density at radius 1 is 1.06 bits per heavy atom. The van der Waals surface area contributed by atoms with E-state index in [4.69, 9.17) is 21.7 Å². The number of thiocarbonyl (C=S) groups is 1. The molecule has 7 nitrogen and oxygen atoms in total. The Morgan fingerprint density at radius 2 is 1.84 bits per heavy atom. The zero-order valence-corrected chi connectivity index (χ0v) is 18.0. The topological polar surface area (TPSA) is 75.7 Å². The summed E-state index contributed by atoms with van der Waals surface area (Å²) in [4.78, 5) is 18.9. The van der Waals surface area contributed by atoms with Crippen molar-refractivity contribution in [1.29, 1.82) is 0 Å². The van der Waals surface area contributed by atoms with Crippen molar-refractivity contribution in [1.82, 2.24) is 15.2 Å². The van der Waals surface area contributed by atoms with Crippen LogP contribution in [0.3, 0.4) is 0 Å². The summed E-state index contributed by atoms with van der Waals surface area (Å²) in [7, 11) is 3.84. The van der Waals surface area contributed by atoms with E-state index in [9.17, 15) is 4.79 Å². The number of nitrogens with zero attached hydrogens (tertiary/aromatic N) is 2. The van der Waals surface area contributed by atoms with Crippen LogP contribution < -0.4 is 20.1 Å². The lowest BCUT2D eigenvalue weighted by Crippen LogP contribution is -2.35. The number of nitrogens with one attached hydrogen (secondary N) is 2. The van der Waals surface area contributed by atoms with Crippen LogP contribution in [0, 0.1) is 0 Å². The fourth-order valence-electron chi connectivity index (χ4n) is 3.18. The number of benzene rings is 2. The van der Waals surface area contributed by atoms with E-state index >= 15 is 0 Å². The third-order valence-corrected chi connectivity index (χ3v) is 4.77. The van der Waals surface area contributed by atoms with E-state index in [1.165, 1.54) is 0 Å². The highest BCUT2D eigenvalue weighted by Crippen LogP contribution is 2.41. The minimum absolute atomic E-state index is 0.183. The third kappa shape index (κ3) is 4.99. The van der Waals surface area contributed by atoms with Crippen molar-refractivity contribution in [2.75, 3.05) is 19.4 Å². The molecule has 1 aromatic heterocycles. The smallest absolute Gasteiger partial charge is 0.267 e. The maximum absolute atomic E-state index is 12.7. The summed E-state index contributed by atoms with van der Waals surface area (Å²) in [5, 5.41) is 5.92. The zero-order chi connectivity index (χ0) is 21.8. The summed E-state index contributed by atoms with van der Waals surface area (Å²) in [6, 6.07) is 18.6. The van der Waals surface area contributed by atoms with Crippen molar-refractivity contribution < 1.29 is 14.3 Å². The zero-order valence-electron chi connectivity index (χ0n) is 17.2. The number of hydrogen-bond acceptors (Lipinski definition) is 6. The molecule has 0 fully saturated rings. The number of hydrogen-bond donors (Lipinski definition) is 2. The molecule has 1 aliphatic heterocycles. The van der Waals surface area contributed by atoms with E-state index < -0.39 is 6.29 Å². The number of pyridine rings is 1. The normalized spacial score (nSPS) is 14.4. The van der Waals surface area contributed by atoms with Crippen LogP contribution in [0.25, 0.3) is 0 Å². The van der Waals surface area contributed by atoms with Gasteiger partial charge in [0.1, 0.15) is 0 Å². The highest BCUT2D eigenvalue weighted by molar-refractivity contribution is 7.80. The van der Waals surface area contributed by atoms with Crippen molar-refractivity contribution in [3.8, 4) is 11.5 Å². The predicted molar refractivity (Wildman–Crippen MR) is 122 cm³/mol. The van der Waals surface area contributed by atoms with Gasteiger partial charge >= 0.3 is 0 Å². The summed E-state index contributed by atoms with van der Waals surface area (Å²) < 4.78 is 11.8. The molecule has 2 aromatic carbocycles. The molecular formula is C23H22N4O3S. The molecule has 158 valence electrons. The van der Waals surface area contributed by atoms with Crippen LogP contribution in [-0.4, -0.2) is 35.0 Å². The Bertz CT molecular complexity index is 1100. The molecule has 8 heteroatoms. The number of aromatic nitrogens is 1. The van der Waals surface area contributed by atoms with Crippen molar-refractivity contribution in [3.05, 3.63) is 83.7 Å². The van der Waals surface area contributed by atoms with E-state index in [1.54, 1.807) is 30.5 Å². The minimum atomic E-state index is -0.487. The maximum atomic E-state index is 12.7. The molecule has 0 saturated carbocycles. The van der Waals surface area contributed by atoms with Gasteiger partial charge in [-0.3, -0.25) is 15.1 Å². The van der Waals surface area contributed by atoms with Crippen LogP contribution in [0.5, 0.6) is 11.5 Å². The predicted octanol–water partition coefficient (Wildman–Crippen LogP) is 3.74. The second kappa shape index (κ2) is 9.11. The van der Waals surface area contributed by atoms with Gasteiger partial charge in [0, 0.05) is 30.1 Å². The van der Waals surface area contributed by atoms with Gasteiger partial charge in [0.2, 0.25) is 0 Å². The van der Waals surface area contributed by atoms with Crippen LogP contribution in [0.4, 0.5) is 5.69 Å². The molecule has 0 spiro atoms. The van der Waals surface area contributed by atoms with E-state index in [0.717, 1.165) is 5.56 Å². The van der Waals surface area contributed by atoms with Crippen LogP contribution in [0.1, 0.15) is 27.9 Å². The van der Waals surface area contributed by atoms with Crippen LogP contribution in [0.15, 0.2) is 66.9 Å². The SMILES string of the molecule is CN(C)Cc1ncccc1C(=O)NC(=S)Nc1ccc2c(c1)OC(c1ccccc1)O2. The average Bonchev–Trinajstić information content (AvgIpc) is 3.17. The number of anilines is 1. The molecule has 0 saturated heterocycles. The summed E-state index contributed by atoms with van der Waals surface area (Å²) in [6.07, 6.45) is 1.18. The Kier molecular flexibility index (Phi) is 6.11. The van der Waals surface area contributed by atoms with Gasteiger partial charge in [-0.05, 0) is 50.6 Å². The Morgan fingerprint density at radius 3 is 2.61 bits per heavy atom. The van der Waals surface area contributed by atoms with E-state index in [0.29, 0.717) is 35.0 Å². The lowest BCUT2D eigenvalue weighted by atomic mass is 10.1. The second-order valence-electron chi connectivity index (χ2n) is 7.28. The molecule has 4 rings (SSSR count). The number of carbonyl (C=O) groups is 1. The first-order valence-electron chi connectivity index (χ1n) is 9.73. The quantitative estimate of drug-likeness (QED) is 0.593. The second-order valence-corrected chi connectivity index (χ2v) is 7.69. The largest absolute Gasteiger partial charge is 0.447 e. The number of amides is 1. The van der Waals surface area contributed by atoms with E-state index in [-0.39, 0.29) is 11.0 Å². The number of fused-ring (bicyclic) bond motifs is 1. The monoisotopic (exact) mass is 434 g/mol. The number of ether oxygens (including phenoxy) is 2. The lowest BCUT2D eigenvalue weighted by Gasteiger charge is -2.14. The molecule has 1 aliphatic rings. The van der Waals surface area contributed by atoms with Crippen molar-refractivity contribution >= 4 is 28.9 Å². The fraction of sp³-hybridized carbons (Fsp3) is 0.174. The minimum Gasteiger partial charge on any atom is -0.447 e. The molecule has 0 aliphatic carbocycles. The Hall–Kier alpha value is -3.49. The van der Waals surface area contributed by atoms with Gasteiger partial charge in [0.25, 0.3) is 12.2 Å².